The Morgan fingerprint density at radius 3 is 2.80 bits per heavy atom. The summed E-state index contributed by atoms with van der Waals surface area (Å²) in [7, 11) is 0. The van der Waals surface area contributed by atoms with Gasteiger partial charge in [-0.2, -0.15) is 11.8 Å². The Balaban J connectivity index is 1.89. The first-order chi connectivity index (χ1) is 7.21. The molecular weight excluding hydrogens is 208 g/mol. The fourth-order valence-corrected chi connectivity index (χ4v) is 3.90. The molecule has 0 aliphatic carbocycles. The van der Waals surface area contributed by atoms with Crippen molar-refractivity contribution in [2.24, 2.45) is 5.92 Å². The maximum absolute atomic E-state index is 10.6. The molecule has 0 saturated carbocycles. The van der Waals surface area contributed by atoms with Crippen LogP contribution in [0.3, 0.4) is 0 Å². The van der Waals surface area contributed by atoms with Gasteiger partial charge in [0.1, 0.15) is 0 Å². The van der Waals surface area contributed by atoms with E-state index in [0.29, 0.717) is 11.2 Å². The molecule has 2 saturated heterocycles. The average Bonchev–Trinajstić information content (AvgIpc) is 2.24. The molecule has 0 radical (unpaired) electrons. The highest BCUT2D eigenvalue weighted by Crippen LogP contribution is 2.39. The third-order valence-corrected chi connectivity index (χ3v) is 5.32. The zero-order chi connectivity index (χ0) is 10.7. The molecule has 88 valence electrons. The minimum Gasteiger partial charge on any atom is -0.389 e. The number of rotatable bonds is 2. The van der Waals surface area contributed by atoms with Crippen LogP contribution in [0, 0.1) is 5.92 Å². The number of hydrogen-bond acceptors (Lipinski definition) is 3. The highest BCUT2D eigenvalue weighted by atomic mass is 32.2. The fourth-order valence-electron chi connectivity index (χ4n) is 2.72. The molecule has 2 fully saturated rings. The van der Waals surface area contributed by atoms with Gasteiger partial charge in [-0.3, -0.25) is 0 Å². The fraction of sp³-hybridized carbons (Fsp3) is 1.00. The lowest BCUT2D eigenvalue weighted by molar-refractivity contribution is -0.0185. The van der Waals surface area contributed by atoms with Crippen LogP contribution in [0.25, 0.3) is 0 Å². The summed E-state index contributed by atoms with van der Waals surface area (Å²) >= 11 is 1.93. The van der Waals surface area contributed by atoms with E-state index < -0.39 is 5.60 Å². The predicted molar refractivity (Wildman–Crippen MR) is 64.3 cm³/mol. The van der Waals surface area contributed by atoms with E-state index in [4.69, 9.17) is 4.74 Å². The molecule has 2 heterocycles. The van der Waals surface area contributed by atoms with Crippen molar-refractivity contribution in [1.29, 1.82) is 0 Å². The lowest BCUT2D eigenvalue weighted by Gasteiger charge is -2.40. The molecule has 0 aromatic heterocycles. The summed E-state index contributed by atoms with van der Waals surface area (Å²) in [6.07, 6.45) is 5.44. The van der Waals surface area contributed by atoms with Crippen LogP contribution in [0.1, 0.15) is 39.0 Å². The highest BCUT2D eigenvalue weighted by Gasteiger charge is 2.38. The summed E-state index contributed by atoms with van der Waals surface area (Å²) < 4.78 is 5.36. The second kappa shape index (κ2) is 5.07. The van der Waals surface area contributed by atoms with E-state index in [2.05, 4.69) is 6.92 Å². The Morgan fingerprint density at radius 1 is 1.40 bits per heavy atom. The van der Waals surface area contributed by atoms with Gasteiger partial charge in [0.2, 0.25) is 0 Å². The van der Waals surface area contributed by atoms with Gasteiger partial charge in [-0.05, 0) is 43.8 Å². The molecule has 1 N–H and O–H groups in total. The summed E-state index contributed by atoms with van der Waals surface area (Å²) in [6, 6.07) is 0. The smallest absolute Gasteiger partial charge is 0.0766 e. The Bertz CT molecular complexity index is 204. The molecule has 2 aliphatic rings. The van der Waals surface area contributed by atoms with Crippen molar-refractivity contribution in [3.63, 3.8) is 0 Å². The summed E-state index contributed by atoms with van der Waals surface area (Å²) in [4.78, 5) is 0. The molecule has 15 heavy (non-hydrogen) atoms. The molecule has 0 amide bonds. The molecule has 2 atom stereocenters. The Morgan fingerprint density at radius 2 is 2.13 bits per heavy atom. The number of thioether (sulfide) groups is 1. The van der Waals surface area contributed by atoms with E-state index in [-0.39, 0.29) is 0 Å². The van der Waals surface area contributed by atoms with Crippen LogP contribution in [0.2, 0.25) is 0 Å². The summed E-state index contributed by atoms with van der Waals surface area (Å²) in [5.41, 5.74) is -0.398. The molecule has 2 unspecified atom stereocenters. The summed E-state index contributed by atoms with van der Waals surface area (Å²) in [5.74, 6) is 1.90. The van der Waals surface area contributed by atoms with Gasteiger partial charge >= 0.3 is 0 Å². The molecule has 2 nitrogen and oxygen atoms in total. The van der Waals surface area contributed by atoms with Gasteiger partial charge in [-0.25, -0.2) is 0 Å². The quantitative estimate of drug-likeness (QED) is 0.790. The van der Waals surface area contributed by atoms with E-state index in [1.807, 2.05) is 11.8 Å². The molecule has 2 aliphatic heterocycles. The van der Waals surface area contributed by atoms with E-state index in [1.165, 1.54) is 12.2 Å². The minimum absolute atomic E-state index is 0.398. The number of aliphatic hydroxyl groups is 1. The highest BCUT2D eigenvalue weighted by molar-refractivity contribution is 8.00. The Hall–Kier alpha value is 0.270. The van der Waals surface area contributed by atoms with Crippen LogP contribution in [0.5, 0.6) is 0 Å². The van der Waals surface area contributed by atoms with Crippen LogP contribution in [-0.4, -0.2) is 34.9 Å². The van der Waals surface area contributed by atoms with E-state index in [1.54, 1.807) is 0 Å². The van der Waals surface area contributed by atoms with Crippen molar-refractivity contribution in [2.45, 2.75) is 49.9 Å². The Labute approximate surface area is 96.8 Å². The maximum Gasteiger partial charge on any atom is 0.0766 e. The summed E-state index contributed by atoms with van der Waals surface area (Å²) in [5, 5.41) is 11.0. The zero-order valence-corrected chi connectivity index (χ0v) is 10.4. The summed E-state index contributed by atoms with van der Waals surface area (Å²) in [6.45, 7) is 3.97. The lowest BCUT2D eigenvalue weighted by atomic mass is 9.81. The van der Waals surface area contributed by atoms with Crippen LogP contribution in [0.4, 0.5) is 0 Å². The molecular formula is C12H22O2S. The molecule has 3 heteroatoms. The first kappa shape index (κ1) is 11.7. The van der Waals surface area contributed by atoms with Gasteiger partial charge in [-0.15, -0.1) is 0 Å². The van der Waals surface area contributed by atoms with Gasteiger partial charge in [0.05, 0.1) is 5.60 Å². The van der Waals surface area contributed by atoms with Crippen molar-refractivity contribution in [2.75, 3.05) is 19.0 Å². The second-order valence-corrected chi connectivity index (χ2v) is 6.43. The maximum atomic E-state index is 10.6. The zero-order valence-electron chi connectivity index (χ0n) is 9.58. The van der Waals surface area contributed by atoms with Crippen LogP contribution in [0.15, 0.2) is 0 Å². The largest absolute Gasteiger partial charge is 0.389 e. The topological polar surface area (TPSA) is 29.5 Å². The molecule has 0 bridgehead atoms. The average molecular weight is 230 g/mol. The predicted octanol–water partition coefficient (Wildman–Crippen LogP) is 2.45. The number of ether oxygens (including phenoxy) is 1. The lowest BCUT2D eigenvalue weighted by Crippen LogP contribution is -2.44. The van der Waals surface area contributed by atoms with Gasteiger partial charge in [0.15, 0.2) is 0 Å². The molecule has 0 aromatic carbocycles. The first-order valence-electron chi connectivity index (χ1n) is 6.12. The van der Waals surface area contributed by atoms with E-state index >= 15 is 0 Å². The number of hydrogen-bond donors (Lipinski definition) is 1. The second-order valence-electron chi connectivity index (χ2n) is 4.98. The Kier molecular flexibility index (Phi) is 3.97. The van der Waals surface area contributed by atoms with Gasteiger partial charge in [0.25, 0.3) is 0 Å². The van der Waals surface area contributed by atoms with E-state index in [9.17, 15) is 5.11 Å². The van der Waals surface area contributed by atoms with Crippen molar-refractivity contribution in [1.82, 2.24) is 0 Å². The monoisotopic (exact) mass is 230 g/mol. The first-order valence-corrected chi connectivity index (χ1v) is 7.17. The molecule has 0 spiro atoms. The normalized spacial score (nSPS) is 39.2. The van der Waals surface area contributed by atoms with Gasteiger partial charge in [0, 0.05) is 18.5 Å². The standard InChI is InChI=1S/C12H22O2S/c1-10-12(13,5-2-8-15-10)9-11-3-6-14-7-4-11/h10-11,13H,2-9H2,1H3. The van der Waals surface area contributed by atoms with Gasteiger partial charge in [-0.1, -0.05) is 6.92 Å². The van der Waals surface area contributed by atoms with Crippen molar-refractivity contribution in [3.8, 4) is 0 Å². The van der Waals surface area contributed by atoms with Crippen LogP contribution in [-0.2, 0) is 4.74 Å². The van der Waals surface area contributed by atoms with E-state index in [0.717, 1.165) is 38.9 Å². The third kappa shape index (κ3) is 2.89. The minimum atomic E-state index is -0.398. The molecule has 2 rings (SSSR count). The third-order valence-electron chi connectivity index (χ3n) is 3.86. The van der Waals surface area contributed by atoms with Crippen molar-refractivity contribution >= 4 is 11.8 Å². The van der Waals surface area contributed by atoms with Crippen LogP contribution < -0.4 is 0 Å². The SMILES string of the molecule is CC1SCCCC1(O)CC1CCOCC1. The van der Waals surface area contributed by atoms with Gasteiger partial charge < -0.3 is 9.84 Å². The molecule has 0 aromatic rings. The van der Waals surface area contributed by atoms with Crippen LogP contribution >= 0.6 is 11.8 Å². The van der Waals surface area contributed by atoms with Crippen molar-refractivity contribution in [3.05, 3.63) is 0 Å². The van der Waals surface area contributed by atoms with Crippen molar-refractivity contribution < 1.29 is 9.84 Å².